The molecule has 2 aromatic heterocycles. The van der Waals surface area contributed by atoms with Crippen molar-refractivity contribution in [1.82, 2.24) is 14.0 Å². The van der Waals surface area contributed by atoms with Gasteiger partial charge in [0.05, 0.1) is 23.2 Å². The van der Waals surface area contributed by atoms with Crippen molar-refractivity contribution in [2.45, 2.75) is 33.2 Å². The third kappa shape index (κ3) is 3.12. The molecule has 0 saturated carbocycles. The van der Waals surface area contributed by atoms with Gasteiger partial charge in [-0.2, -0.15) is 0 Å². The zero-order valence-electron chi connectivity index (χ0n) is 16.3. The predicted octanol–water partition coefficient (Wildman–Crippen LogP) is 4.04. The SMILES string of the molecule is CCCCN(CC)C(=O)c1cc2c(c3ccccc3n2C)n1CCOC. The van der Waals surface area contributed by atoms with Crippen molar-refractivity contribution < 1.29 is 9.53 Å². The van der Waals surface area contributed by atoms with Crippen LogP contribution in [0.25, 0.3) is 21.9 Å². The first-order chi connectivity index (χ1) is 12.6. The Morgan fingerprint density at radius 3 is 2.65 bits per heavy atom. The highest BCUT2D eigenvalue weighted by atomic mass is 16.5. The molecule has 2 heterocycles. The minimum Gasteiger partial charge on any atom is -0.383 e. The van der Waals surface area contributed by atoms with Crippen molar-refractivity contribution >= 4 is 27.8 Å². The van der Waals surface area contributed by atoms with Crippen molar-refractivity contribution in [3.05, 3.63) is 36.0 Å². The topological polar surface area (TPSA) is 39.4 Å². The lowest BCUT2D eigenvalue weighted by Gasteiger charge is -2.21. The molecule has 0 radical (unpaired) electrons. The van der Waals surface area contributed by atoms with Gasteiger partial charge in [0, 0.05) is 39.2 Å². The first-order valence-corrected chi connectivity index (χ1v) is 9.48. The van der Waals surface area contributed by atoms with Gasteiger partial charge in [-0.25, -0.2) is 0 Å². The van der Waals surface area contributed by atoms with Crippen LogP contribution in [0.4, 0.5) is 0 Å². The lowest BCUT2D eigenvalue weighted by molar-refractivity contribution is 0.0749. The highest BCUT2D eigenvalue weighted by Crippen LogP contribution is 2.31. The van der Waals surface area contributed by atoms with E-state index in [0.29, 0.717) is 13.2 Å². The van der Waals surface area contributed by atoms with Crippen LogP contribution in [0.5, 0.6) is 0 Å². The fourth-order valence-corrected chi connectivity index (χ4v) is 3.68. The molecule has 0 fully saturated rings. The van der Waals surface area contributed by atoms with Gasteiger partial charge < -0.3 is 18.8 Å². The number of rotatable bonds is 8. The van der Waals surface area contributed by atoms with Crippen LogP contribution in [0.3, 0.4) is 0 Å². The van der Waals surface area contributed by atoms with Crippen LogP contribution in [0, 0.1) is 0 Å². The van der Waals surface area contributed by atoms with E-state index in [0.717, 1.165) is 42.7 Å². The summed E-state index contributed by atoms with van der Waals surface area (Å²) in [5.41, 5.74) is 4.15. The molecule has 0 saturated heterocycles. The molecule has 0 spiro atoms. The Morgan fingerprint density at radius 1 is 1.19 bits per heavy atom. The number of aryl methyl sites for hydroxylation is 1. The number of ether oxygens (including phenoxy) is 1. The van der Waals surface area contributed by atoms with E-state index in [1.807, 2.05) is 17.9 Å². The number of carbonyl (C=O) groups excluding carboxylic acids is 1. The van der Waals surface area contributed by atoms with Gasteiger partial charge in [-0.15, -0.1) is 0 Å². The average molecular weight is 355 g/mol. The van der Waals surface area contributed by atoms with Crippen molar-refractivity contribution in [3.8, 4) is 0 Å². The first-order valence-electron chi connectivity index (χ1n) is 9.48. The second kappa shape index (κ2) is 7.96. The Balaban J connectivity index is 2.15. The second-order valence-electron chi connectivity index (χ2n) is 6.72. The lowest BCUT2D eigenvalue weighted by Crippen LogP contribution is -2.33. The second-order valence-corrected chi connectivity index (χ2v) is 6.72. The fourth-order valence-electron chi connectivity index (χ4n) is 3.68. The summed E-state index contributed by atoms with van der Waals surface area (Å²) in [7, 11) is 3.76. The van der Waals surface area contributed by atoms with Crippen LogP contribution >= 0.6 is 0 Å². The van der Waals surface area contributed by atoms with E-state index in [9.17, 15) is 4.79 Å². The van der Waals surface area contributed by atoms with Crippen molar-refractivity contribution in [3.63, 3.8) is 0 Å². The minimum atomic E-state index is 0.109. The van der Waals surface area contributed by atoms with Crippen molar-refractivity contribution in [2.24, 2.45) is 7.05 Å². The summed E-state index contributed by atoms with van der Waals surface area (Å²) in [4.78, 5) is 15.2. The number of amides is 1. The van der Waals surface area contributed by atoms with Crippen LogP contribution in [0.15, 0.2) is 30.3 Å². The third-order valence-corrected chi connectivity index (χ3v) is 5.15. The van der Waals surface area contributed by atoms with E-state index in [-0.39, 0.29) is 5.91 Å². The number of hydrogen-bond donors (Lipinski definition) is 0. The minimum absolute atomic E-state index is 0.109. The molecular weight excluding hydrogens is 326 g/mol. The summed E-state index contributed by atoms with van der Waals surface area (Å²) in [6.45, 7) is 6.98. The van der Waals surface area contributed by atoms with Crippen LogP contribution in [0.2, 0.25) is 0 Å². The molecule has 0 N–H and O–H groups in total. The average Bonchev–Trinajstić information content (AvgIpc) is 3.17. The molecule has 26 heavy (non-hydrogen) atoms. The van der Waals surface area contributed by atoms with Crippen LogP contribution in [0.1, 0.15) is 37.2 Å². The molecule has 3 rings (SSSR count). The number of para-hydroxylation sites is 1. The van der Waals surface area contributed by atoms with Gasteiger partial charge in [-0.3, -0.25) is 4.79 Å². The van der Waals surface area contributed by atoms with Gasteiger partial charge in [-0.1, -0.05) is 31.5 Å². The number of carbonyl (C=O) groups is 1. The van der Waals surface area contributed by atoms with Crippen molar-refractivity contribution in [2.75, 3.05) is 26.8 Å². The summed E-state index contributed by atoms with van der Waals surface area (Å²) in [5, 5.41) is 1.18. The Morgan fingerprint density at radius 2 is 1.96 bits per heavy atom. The Hall–Kier alpha value is -2.27. The quantitative estimate of drug-likeness (QED) is 0.612. The predicted molar refractivity (Wildman–Crippen MR) is 107 cm³/mol. The fraction of sp³-hybridized carbons (Fsp3) is 0.476. The summed E-state index contributed by atoms with van der Waals surface area (Å²) < 4.78 is 9.63. The monoisotopic (exact) mass is 355 g/mol. The molecular formula is C21H29N3O2. The Labute approximate surface area is 155 Å². The van der Waals surface area contributed by atoms with E-state index in [4.69, 9.17) is 4.74 Å². The number of unbranched alkanes of at least 4 members (excludes halogenated alkanes) is 1. The molecule has 5 nitrogen and oxygen atoms in total. The maximum atomic E-state index is 13.2. The zero-order valence-corrected chi connectivity index (χ0v) is 16.3. The smallest absolute Gasteiger partial charge is 0.270 e. The third-order valence-electron chi connectivity index (χ3n) is 5.15. The van der Waals surface area contributed by atoms with E-state index in [2.05, 4.69) is 47.4 Å². The number of benzene rings is 1. The van der Waals surface area contributed by atoms with E-state index >= 15 is 0 Å². The molecule has 1 aromatic carbocycles. The van der Waals surface area contributed by atoms with Crippen LogP contribution in [-0.4, -0.2) is 46.7 Å². The summed E-state index contributed by atoms with van der Waals surface area (Å²) >= 11 is 0. The van der Waals surface area contributed by atoms with Gasteiger partial charge in [0.2, 0.25) is 0 Å². The molecule has 5 heteroatoms. The summed E-state index contributed by atoms with van der Waals surface area (Å²) in [5.74, 6) is 0.109. The number of hydrogen-bond acceptors (Lipinski definition) is 2. The Kier molecular flexibility index (Phi) is 5.67. The van der Waals surface area contributed by atoms with Gasteiger partial charge in [0.1, 0.15) is 5.69 Å². The lowest BCUT2D eigenvalue weighted by atomic mass is 10.2. The number of nitrogens with zero attached hydrogens (tertiary/aromatic N) is 3. The van der Waals surface area contributed by atoms with E-state index in [1.165, 1.54) is 10.9 Å². The number of methoxy groups -OCH3 is 1. The first kappa shape index (κ1) is 18.5. The van der Waals surface area contributed by atoms with Gasteiger partial charge in [-0.05, 0) is 25.5 Å². The highest BCUT2D eigenvalue weighted by molar-refractivity contribution is 6.10. The van der Waals surface area contributed by atoms with E-state index in [1.54, 1.807) is 7.11 Å². The molecule has 0 bridgehead atoms. The standard InChI is InChI=1S/C21H29N3O2/c1-5-7-12-23(6-2)21(25)19-15-18-20(24(19)13-14-26-4)16-10-8-9-11-17(16)22(18)3/h8-11,15H,5-7,12-14H2,1-4H3. The normalized spacial score (nSPS) is 11.5. The van der Waals surface area contributed by atoms with E-state index < -0.39 is 0 Å². The molecule has 0 aliphatic carbocycles. The maximum Gasteiger partial charge on any atom is 0.270 e. The van der Waals surface area contributed by atoms with Crippen LogP contribution in [-0.2, 0) is 18.3 Å². The molecule has 140 valence electrons. The summed E-state index contributed by atoms with van der Waals surface area (Å²) in [6.07, 6.45) is 2.11. The largest absolute Gasteiger partial charge is 0.383 e. The summed E-state index contributed by atoms with van der Waals surface area (Å²) in [6, 6.07) is 10.4. The zero-order chi connectivity index (χ0) is 18.7. The molecule has 0 unspecified atom stereocenters. The molecule has 1 amide bonds. The molecule has 0 atom stereocenters. The van der Waals surface area contributed by atoms with Gasteiger partial charge >= 0.3 is 0 Å². The molecule has 0 aliphatic rings. The maximum absolute atomic E-state index is 13.2. The van der Waals surface area contributed by atoms with Crippen molar-refractivity contribution in [1.29, 1.82) is 0 Å². The van der Waals surface area contributed by atoms with Crippen LogP contribution < -0.4 is 0 Å². The highest BCUT2D eigenvalue weighted by Gasteiger charge is 2.23. The molecule has 3 aromatic rings. The molecule has 0 aliphatic heterocycles. The van der Waals surface area contributed by atoms with Gasteiger partial charge in [0.25, 0.3) is 5.91 Å². The number of fused-ring (bicyclic) bond motifs is 3. The number of aromatic nitrogens is 2. The Bertz CT molecular complexity index is 907. The van der Waals surface area contributed by atoms with Gasteiger partial charge in [0.15, 0.2) is 0 Å².